The predicted molar refractivity (Wildman–Crippen MR) is 146 cm³/mol. The molecule has 0 aliphatic heterocycles. The van der Waals surface area contributed by atoms with Gasteiger partial charge in [-0.2, -0.15) is 13.2 Å². The van der Waals surface area contributed by atoms with Crippen molar-refractivity contribution in [3.05, 3.63) is 124 Å². The van der Waals surface area contributed by atoms with E-state index in [2.05, 4.69) is 19.9 Å². The second kappa shape index (κ2) is 11.5. The van der Waals surface area contributed by atoms with Crippen molar-refractivity contribution < 1.29 is 22.4 Å². The van der Waals surface area contributed by atoms with Gasteiger partial charge < -0.3 is 4.90 Å². The summed E-state index contributed by atoms with van der Waals surface area (Å²) in [4.78, 5) is 46.0. The van der Waals surface area contributed by atoms with E-state index in [0.717, 1.165) is 11.6 Å². The lowest BCUT2D eigenvalue weighted by Gasteiger charge is -2.30. The van der Waals surface area contributed by atoms with E-state index in [1.807, 2.05) is 19.1 Å². The molecule has 214 valence electrons. The predicted octanol–water partition coefficient (Wildman–Crippen LogP) is 5.37. The summed E-state index contributed by atoms with van der Waals surface area (Å²) in [5.41, 5.74) is 0.210. The first-order chi connectivity index (χ1) is 20.0. The number of aryl methyl sites for hydroxylation is 1. The summed E-state index contributed by atoms with van der Waals surface area (Å²) < 4.78 is 55.4. The SMILES string of the molecule is Cc1ccc(-n2c(C(C)N(Cc3cccnc3)C(=O)Cc3ccc(F)c(C(F)(F)F)c3)nc3nccnc3c2=O)cc1. The molecule has 0 saturated heterocycles. The Bertz CT molecular complexity index is 1810. The number of fused-ring (bicyclic) bond motifs is 1. The zero-order valence-electron chi connectivity index (χ0n) is 22.5. The number of nitrogens with zero attached hydrogens (tertiary/aromatic N) is 6. The van der Waals surface area contributed by atoms with E-state index in [9.17, 15) is 27.2 Å². The average molecular weight is 577 g/mol. The highest BCUT2D eigenvalue weighted by Gasteiger charge is 2.35. The van der Waals surface area contributed by atoms with Gasteiger partial charge in [0.05, 0.1) is 23.7 Å². The van der Waals surface area contributed by atoms with Crippen molar-refractivity contribution in [2.24, 2.45) is 0 Å². The normalized spacial score (nSPS) is 12.3. The molecule has 0 radical (unpaired) electrons. The number of amides is 1. The minimum Gasteiger partial charge on any atom is -0.328 e. The van der Waals surface area contributed by atoms with Crippen LogP contribution in [0, 0.1) is 12.7 Å². The summed E-state index contributed by atoms with van der Waals surface area (Å²) in [5, 5.41) is 0. The van der Waals surface area contributed by atoms with Crippen molar-refractivity contribution in [2.45, 2.75) is 39.0 Å². The highest BCUT2D eigenvalue weighted by atomic mass is 19.4. The smallest absolute Gasteiger partial charge is 0.328 e. The minimum atomic E-state index is -4.92. The Hall–Kier alpha value is -5.00. The Morgan fingerprint density at radius 2 is 1.74 bits per heavy atom. The number of pyridine rings is 1. The molecule has 0 N–H and O–H groups in total. The zero-order chi connectivity index (χ0) is 30.0. The van der Waals surface area contributed by atoms with Crippen LogP contribution in [0.2, 0.25) is 0 Å². The third-order valence-corrected chi connectivity index (χ3v) is 6.76. The lowest BCUT2D eigenvalue weighted by atomic mass is 10.1. The van der Waals surface area contributed by atoms with Crippen LogP contribution in [0.4, 0.5) is 17.6 Å². The molecule has 42 heavy (non-hydrogen) atoms. The highest BCUT2D eigenvalue weighted by molar-refractivity contribution is 5.79. The van der Waals surface area contributed by atoms with Gasteiger partial charge in [-0.25, -0.2) is 19.3 Å². The molecule has 3 heterocycles. The number of hydrogen-bond acceptors (Lipinski definition) is 6. The van der Waals surface area contributed by atoms with Crippen molar-refractivity contribution in [3.8, 4) is 5.69 Å². The molecule has 5 rings (SSSR count). The standard InChI is InChI=1S/C30H24F4N6O2/c1-18-5-8-22(9-6-18)40-28(38-27-26(29(40)42)36-12-13-37-27)19(2)39(17-21-4-3-11-35-16-21)25(41)15-20-7-10-24(31)23(14-20)30(32,33)34/h3-14,16,19H,15,17H2,1-2H3. The van der Waals surface area contributed by atoms with Crippen molar-refractivity contribution in [2.75, 3.05) is 0 Å². The van der Waals surface area contributed by atoms with Crippen molar-refractivity contribution in [1.82, 2.24) is 29.4 Å². The Labute approximate surface area is 237 Å². The number of hydrogen-bond donors (Lipinski definition) is 0. The van der Waals surface area contributed by atoms with E-state index in [-0.39, 0.29) is 29.1 Å². The maximum Gasteiger partial charge on any atom is 0.419 e. The van der Waals surface area contributed by atoms with Gasteiger partial charge in [0.2, 0.25) is 5.91 Å². The molecule has 12 heteroatoms. The van der Waals surface area contributed by atoms with Gasteiger partial charge in [0.25, 0.3) is 5.56 Å². The number of carbonyl (C=O) groups excluding carboxylic acids is 1. The average Bonchev–Trinajstić information content (AvgIpc) is 2.97. The van der Waals surface area contributed by atoms with E-state index < -0.39 is 41.5 Å². The number of rotatable bonds is 7. The summed E-state index contributed by atoms with van der Waals surface area (Å²) in [6.45, 7) is 3.56. The number of benzene rings is 2. The molecule has 2 aromatic carbocycles. The zero-order valence-corrected chi connectivity index (χ0v) is 22.5. The molecular weight excluding hydrogens is 552 g/mol. The molecule has 0 spiro atoms. The molecule has 0 aliphatic rings. The van der Waals surface area contributed by atoms with Crippen molar-refractivity contribution >= 4 is 17.1 Å². The van der Waals surface area contributed by atoms with Crippen LogP contribution in [-0.2, 0) is 23.9 Å². The minimum absolute atomic E-state index is 0.00341. The summed E-state index contributed by atoms with van der Waals surface area (Å²) in [6, 6.07) is 12.1. The number of aromatic nitrogens is 5. The van der Waals surface area contributed by atoms with Crippen LogP contribution in [-0.4, -0.2) is 35.3 Å². The lowest BCUT2D eigenvalue weighted by Crippen LogP contribution is -2.38. The van der Waals surface area contributed by atoms with E-state index in [1.54, 1.807) is 43.6 Å². The van der Waals surface area contributed by atoms with Gasteiger partial charge in [0.1, 0.15) is 11.6 Å². The van der Waals surface area contributed by atoms with Crippen LogP contribution < -0.4 is 5.56 Å². The highest BCUT2D eigenvalue weighted by Crippen LogP contribution is 2.32. The van der Waals surface area contributed by atoms with Gasteiger partial charge in [0, 0.05) is 31.3 Å². The van der Waals surface area contributed by atoms with E-state index >= 15 is 0 Å². The summed E-state index contributed by atoms with van der Waals surface area (Å²) in [6.07, 6.45) is 0.505. The lowest BCUT2D eigenvalue weighted by molar-refractivity contribution is -0.140. The fraction of sp³-hybridized carbons (Fsp3) is 0.200. The summed E-state index contributed by atoms with van der Waals surface area (Å²) in [5.74, 6) is -1.83. The topological polar surface area (TPSA) is 93.9 Å². The molecule has 1 unspecified atom stereocenters. The molecule has 3 aromatic heterocycles. The van der Waals surface area contributed by atoms with Gasteiger partial charge in [-0.05, 0) is 55.3 Å². The molecule has 0 bridgehead atoms. The maximum atomic E-state index is 13.9. The fourth-order valence-corrected chi connectivity index (χ4v) is 4.60. The molecule has 5 aromatic rings. The van der Waals surface area contributed by atoms with Crippen LogP contribution in [0.15, 0.2) is 84.2 Å². The van der Waals surface area contributed by atoms with Gasteiger partial charge in [-0.15, -0.1) is 0 Å². The van der Waals surface area contributed by atoms with E-state index in [4.69, 9.17) is 0 Å². The second-order valence-electron chi connectivity index (χ2n) is 9.72. The summed E-state index contributed by atoms with van der Waals surface area (Å²) in [7, 11) is 0. The second-order valence-corrected chi connectivity index (χ2v) is 9.72. The van der Waals surface area contributed by atoms with Gasteiger partial charge in [-0.3, -0.25) is 19.1 Å². The van der Waals surface area contributed by atoms with Crippen LogP contribution in [0.5, 0.6) is 0 Å². The first-order valence-electron chi connectivity index (χ1n) is 12.9. The molecule has 0 fully saturated rings. The Kier molecular flexibility index (Phi) is 7.79. The quantitative estimate of drug-likeness (QED) is 0.242. The van der Waals surface area contributed by atoms with Gasteiger partial charge in [0.15, 0.2) is 11.2 Å². The molecule has 8 nitrogen and oxygen atoms in total. The van der Waals surface area contributed by atoms with Crippen molar-refractivity contribution in [3.63, 3.8) is 0 Å². The van der Waals surface area contributed by atoms with Crippen molar-refractivity contribution in [1.29, 1.82) is 0 Å². The molecule has 1 amide bonds. The van der Waals surface area contributed by atoms with Crippen LogP contribution in [0.25, 0.3) is 16.9 Å². The Morgan fingerprint density at radius 1 is 1.00 bits per heavy atom. The Morgan fingerprint density at radius 3 is 2.43 bits per heavy atom. The molecule has 0 aliphatic carbocycles. The third kappa shape index (κ3) is 5.87. The maximum absolute atomic E-state index is 13.9. The molecule has 0 saturated carbocycles. The van der Waals surface area contributed by atoms with Crippen LogP contribution >= 0.6 is 0 Å². The fourth-order valence-electron chi connectivity index (χ4n) is 4.60. The molecular formula is C30H24F4N6O2. The number of alkyl halides is 3. The summed E-state index contributed by atoms with van der Waals surface area (Å²) >= 11 is 0. The monoisotopic (exact) mass is 576 g/mol. The number of carbonyl (C=O) groups is 1. The first kappa shape index (κ1) is 28.5. The molecule has 1 atom stereocenters. The van der Waals surface area contributed by atoms with Crippen LogP contribution in [0.3, 0.4) is 0 Å². The largest absolute Gasteiger partial charge is 0.419 e. The van der Waals surface area contributed by atoms with Crippen LogP contribution in [0.1, 0.15) is 41.0 Å². The van der Waals surface area contributed by atoms with Gasteiger partial charge in [-0.1, -0.05) is 29.8 Å². The number of halogens is 4. The van der Waals surface area contributed by atoms with E-state index in [0.29, 0.717) is 23.4 Å². The third-order valence-electron chi connectivity index (χ3n) is 6.76. The van der Waals surface area contributed by atoms with E-state index in [1.165, 1.54) is 21.9 Å². The first-order valence-corrected chi connectivity index (χ1v) is 12.9. The Balaban J connectivity index is 1.62. The van der Waals surface area contributed by atoms with Gasteiger partial charge >= 0.3 is 6.18 Å².